The van der Waals surface area contributed by atoms with Crippen molar-refractivity contribution in [1.29, 1.82) is 0 Å². The number of carbonyl (C=O) groups is 1. The van der Waals surface area contributed by atoms with Gasteiger partial charge in [0.05, 0.1) is 5.75 Å². The Hall–Kier alpha value is -1.81. The average Bonchev–Trinajstić information content (AvgIpc) is 2.56. The predicted molar refractivity (Wildman–Crippen MR) is 88.1 cm³/mol. The van der Waals surface area contributed by atoms with Crippen LogP contribution < -0.4 is 0 Å². The molecule has 0 saturated heterocycles. The van der Waals surface area contributed by atoms with E-state index in [0.717, 1.165) is 13.0 Å². The molecular formula is C18H18FNOS. The van der Waals surface area contributed by atoms with Crippen molar-refractivity contribution in [3.05, 3.63) is 71.0 Å². The van der Waals surface area contributed by atoms with Crippen molar-refractivity contribution < 1.29 is 9.18 Å². The summed E-state index contributed by atoms with van der Waals surface area (Å²) in [6.07, 6.45) is 0.917. The largest absolute Gasteiger partial charge is 0.337 e. The predicted octanol–water partition coefficient (Wildman–Crippen LogP) is 3.64. The minimum atomic E-state index is -0.200. The van der Waals surface area contributed by atoms with E-state index in [4.69, 9.17) is 0 Å². The maximum Gasteiger partial charge on any atom is 0.232 e. The van der Waals surface area contributed by atoms with E-state index in [1.54, 1.807) is 12.1 Å². The summed E-state index contributed by atoms with van der Waals surface area (Å²) in [6.45, 7) is 1.46. The van der Waals surface area contributed by atoms with Gasteiger partial charge in [-0.3, -0.25) is 4.79 Å². The molecule has 0 atom stereocenters. The Morgan fingerprint density at radius 2 is 1.82 bits per heavy atom. The molecule has 1 aliphatic heterocycles. The normalized spacial score (nSPS) is 13.8. The lowest BCUT2D eigenvalue weighted by Gasteiger charge is -2.28. The molecule has 2 nitrogen and oxygen atoms in total. The fraction of sp³-hybridized carbons (Fsp3) is 0.278. The van der Waals surface area contributed by atoms with Crippen molar-refractivity contribution in [3.8, 4) is 0 Å². The third-order valence-electron chi connectivity index (χ3n) is 3.92. The van der Waals surface area contributed by atoms with Gasteiger partial charge in [0.2, 0.25) is 5.91 Å². The Morgan fingerprint density at radius 3 is 2.64 bits per heavy atom. The van der Waals surface area contributed by atoms with Crippen LogP contribution in [-0.4, -0.2) is 23.1 Å². The summed E-state index contributed by atoms with van der Waals surface area (Å²) in [4.78, 5) is 14.2. The molecule has 0 saturated carbocycles. The number of benzene rings is 2. The van der Waals surface area contributed by atoms with Gasteiger partial charge in [0.25, 0.3) is 0 Å². The van der Waals surface area contributed by atoms with Gasteiger partial charge in [-0.15, -0.1) is 11.8 Å². The van der Waals surface area contributed by atoms with Crippen LogP contribution in [0.2, 0.25) is 0 Å². The summed E-state index contributed by atoms with van der Waals surface area (Å²) >= 11 is 1.47. The van der Waals surface area contributed by atoms with Crippen LogP contribution in [0, 0.1) is 5.82 Å². The number of thioether (sulfide) groups is 1. The van der Waals surface area contributed by atoms with E-state index in [2.05, 4.69) is 12.1 Å². The molecule has 1 amide bonds. The first-order chi connectivity index (χ1) is 10.7. The summed E-state index contributed by atoms with van der Waals surface area (Å²) < 4.78 is 13.5. The monoisotopic (exact) mass is 315 g/mol. The number of amides is 1. The summed E-state index contributed by atoms with van der Waals surface area (Å²) in [5.74, 6) is 0.865. The lowest BCUT2D eigenvalue weighted by molar-refractivity contribution is -0.129. The van der Waals surface area contributed by atoms with Crippen molar-refractivity contribution in [2.24, 2.45) is 0 Å². The minimum absolute atomic E-state index is 0.135. The van der Waals surface area contributed by atoms with Crippen LogP contribution in [0.15, 0.2) is 48.5 Å². The summed E-state index contributed by atoms with van der Waals surface area (Å²) in [7, 11) is 0. The van der Waals surface area contributed by atoms with Gasteiger partial charge in [-0.1, -0.05) is 42.5 Å². The van der Waals surface area contributed by atoms with E-state index in [0.29, 0.717) is 23.6 Å². The molecular weight excluding hydrogens is 297 g/mol. The van der Waals surface area contributed by atoms with E-state index < -0.39 is 0 Å². The van der Waals surface area contributed by atoms with Crippen LogP contribution in [-0.2, 0) is 23.5 Å². The molecule has 1 heterocycles. The zero-order valence-corrected chi connectivity index (χ0v) is 13.1. The van der Waals surface area contributed by atoms with Crippen molar-refractivity contribution >= 4 is 17.7 Å². The zero-order valence-electron chi connectivity index (χ0n) is 12.3. The second kappa shape index (κ2) is 6.97. The van der Waals surface area contributed by atoms with Gasteiger partial charge >= 0.3 is 0 Å². The van der Waals surface area contributed by atoms with Gasteiger partial charge < -0.3 is 4.90 Å². The smallest absolute Gasteiger partial charge is 0.232 e. The molecule has 0 fully saturated rings. The number of nitrogens with zero attached hydrogens (tertiary/aromatic N) is 1. The van der Waals surface area contributed by atoms with Crippen LogP contribution in [0.5, 0.6) is 0 Å². The van der Waals surface area contributed by atoms with E-state index in [9.17, 15) is 9.18 Å². The van der Waals surface area contributed by atoms with Crippen LogP contribution in [0.3, 0.4) is 0 Å². The van der Waals surface area contributed by atoms with Gasteiger partial charge in [0, 0.05) is 18.8 Å². The Kier molecular flexibility index (Phi) is 4.78. The highest BCUT2D eigenvalue weighted by Gasteiger charge is 2.20. The number of carbonyl (C=O) groups excluding carboxylic acids is 1. The lowest BCUT2D eigenvalue weighted by Crippen LogP contribution is -2.37. The molecule has 22 heavy (non-hydrogen) atoms. The molecule has 1 aliphatic rings. The summed E-state index contributed by atoms with van der Waals surface area (Å²) in [6, 6.07) is 15.0. The van der Waals surface area contributed by atoms with Crippen LogP contribution in [0.25, 0.3) is 0 Å². The Balaban J connectivity index is 1.52. The van der Waals surface area contributed by atoms with Gasteiger partial charge in [-0.25, -0.2) is 4.39 Å². The number of rotatable bonds is 4. The standard InChI is InChI=1S/C18H18FNOS/c19-17-8-4-3-7-16(17)12-22-13-18(21)20-10-9-14-5-1-2-6-15(14)11-20/h1-8H,9-13H2. The van der Waals surface area contributed by atoms with Crippen LogP contribution in [0.1, 0.15) is 16.7 Å². The SMILES string of the molecule is O=C(CSCc1ccccc1F)N1CCc2ccccc2C1. The Morgan fingerprint density at radius 1 is 1.09 bits per heavy atom. The van der Waals surface area contributed by atoms with Crippen molar-refractivity contribution in [2.75, 3.05) is 12.3 Å². The molecule has 2 aromatic rings. The Bertz CT molecular complexity index is 674. The first-order valence-electron chi connectivity index (χ1n) is 7.40. The highest BCUT2D eigenvalue weighted by Crippen LogP contribution is 2.20. The maximum absolute atomic E-state index is 13.5. The van der Waals surface area contributed by atoms with Gasteiger partial charge in [0.1, 0.15) is 5.82 Å². The van der Waals surface area contributed by atoms with E-state index in [1.807, 2.05) is 23.1 Å². The molecule has 0 unspecified atom stereocenters. The van der Waals surface area contributed by atoms with Crippen molar-refractivity contribution in [3.63, 3.8) is 0 Å². The maximum atomic E-state index is 13.5. The first kappa shape index (κ1) is 15.1. The van der Waals surface area contributed by atoms with Gasteiger partial charge in [-0.05, 0) is 29.2 Å². The molecule has 114 valence electrons. The Labute approximate surface area is 134 Å². The number of halogens is 1. The van der Waals surface area contributed by atoms with Crippen LogP contribution >= 0.6 is 11.8 Å². The third-order valence-corrected chi connectivity index (χ3v) is 4.89. The van der Waals surface area contributed by atoms with E-state index >= 15 is 0 Å². The number of hydrogen-bond acceptors (Lipinski definition) is 2. The molecule has 4 heteroatoms. The second-order valence-corrected chi connectivity index (χ2v) is 6.40. The summed E-state index contributed by atoms with van der Waals surface area (Å²) in [5, 5.41) is 0. The second-order valence-electron chi connectivity index (χ2n) is 5.42. The number of hydrogen-bond donors (Lipinski definition) is 0. The molecule has 2 aromatic carbocycles. The average molecular weight is 315 g/mol. The van der Waals surface area contributed by atoms with E-state index in [1.165, 1.54) is 29.0 Å². The molecule has 3 rings (SSSR count). The molecule has 0 spiro atoms. The van der Waals surface area contributed by atoms with Gasteiger partial charge in [-0.2, -0.15) is 0 Å². The first-order valence-corrected chi connectivity index (χ1v) is 8.55. The topological polar surface area (TPSA) is 20.3 Å². The van der Waals surface area contributed by atoms with Crippen molar-refractivity contribution in [1.82, 2.24) is 4.90 Å². The van der Waals surface area contributed by atoms with Crippen LogP contribution in [0.4, 0.5) is 4.39 Å². The number of fused-ring (bicyclic) bond motifs is 1. The molecule has 0 aromatic heterocycles. The third kappa shape index (κ3) is 3.50. The molecule has 0 N–H and O–H groups in total. The summed E-state index contributed by atoms with van der Waals surface area (Å²) in [5.41, 5.74) is 3.23. The van der Waals surface area contributed by atoms with E-state index in [-0.39, 0.29) is 11.7 Å². The van der Waals surface area contributed by atoms with Gasteiger partial charge in [0.15, 0.2) is 0 Å². The fourth-order valence-corrected chi connectivity index (χ4v) is 3.58. The molecule has 0 bridgehead atoms. The molecule has 0 radical (unpaired) electrons. The quantitative estimate of drug-likeness (QED) is 0.858. The zero-order chi connectivity index (χ0) is 15.4. The van der Waals surface area contributed by atoms with Crippen molar-refractivity contribution in [2.45, 2.75) is 18.7 Å². The fourth-order valence-electron chi connectivity index (χ4n) is 2.66. The lowest BCUT2D eigenvalue weighted by atomic mass is 10.00. The minimum Gasteiger partial charge on any atom is -0.337 e. The molecule has 0 aliphatic carbocycles. The highest BCUT2D eigenvalue weighted by molar-refractivity contribution is 7.99. The highest BCUT2D eigenvalue weighted by atomic mass is 32.2.